The van der Waals surface area contributed by atoms with E-state index >= 15 is 0 Å². The minimum absolute atomic E-state index is 0.0272. The van der Waals surface area contributed by atoms with Crippen LogP contribution < -0.4 is 11.1 Å². The second-order valence-electron chi connectivity index (χ2n) is 5.41. The molecular formula is C17H18N4OS. The van der Waals surface area contributed by atoms with E-state index in [0.29, 0.717) is 12.2 Å². The number of nitrogens with zero attached hydrogens (tertiary/aromatic N) is 2. The highest BCUT2D eigenvalue weighted by Crippen LogP contribution is 2.16. The zero-order chi connectivity index (χ0) is 16.2. The van der Waals surface area contributed by atoms with Crippen LogP contribution in [-0.4, -0.2) is 22.4 Å². The Bertz CT molecular complexity index is 843. The van der Waals surface area contributed by atoms with Crippen molar-refractivity contribution < 1.29 is 4.79 Å². The Morgan fingerprint density at radius 1 is 1.26 bits per heavy atom. The molecule has 1 aromatic carbocycles. The molecule has 23 heavy (non-hydrogen) atoms. The van der Waals surface area contributed by atoms with Crippen LogP contribution in [0.5, 0.6) is 0 Å². The van der Waals surface area contributed by atoms with Gasteiger partial charge in [0.2, 0.25) is 5.91 Å². The van der Waals surface area contributed by atoms with Gasteiger partial charge >= 0.3 is 0 Å². The van der Waals surface area contributed by atoms with Crippen molar-refractivity contribution in [2.24, 2.45) is 0 Å². The normalized spacial score (nSPS) is 10.8. The molecule has 118 valence electrons. The number of rotatable bonds is 5. The summed E-state index contributed by atoms with van der Waals surface area (Å²) < 4.78 is 0. The molecule has 3 aromatic rings. The summed E-state index contributed by atoms with van der Waals surface area (Å²) >= 11 is 1.62. The van der Waals surface area contributed by atoms with E-state index in [0.717, 1.165) is 33.7 Å². The second kappa shape index (κ2) is 6.75. The fourth-order valence-electron chi connectivity index (χ4n) is 2.34. The van der Waals surface area contributed by atoms with E-state index in [-0.39, 0.29) is 12.3 Å². The van der Waals surface area contributed by atoms with E-state index in [4.69, 9.17) is 5.73 Å². The molecular weight excluding hydrogens is 308 g/mol. The van der Waals surface area contributed by atoms with Crippen LogP contribution in [-0.2, 0) is 17.6 Å². The van der Waals surface area contributed by atoms with Gasteiger partial charge < -0.3 is 11.1 Å². The third-order valence-corrected chi connectivity index (χ3v) is 4.47. The number of benzene rings is 1. The van der Waals surface area contributed by atoms with Crippen LogP contribution in [0.3, 0.4) is 0 Å². The second-order valence-corrected chi connectivity index (χ2v) is 6.36. The van der Waals surface area contributed by atoms with Gasteiger partial charge in [-0.2, -0.15) is 0 Å². The Balaban J connectivity index is 1.56. The monoisotopic (exact) mass is 326 g/mol. The van der Waals surface area contributed by atoms with Crippen molar-refractivity contribution in [1.82, 2.24) is 15.3 Å². The first kappa shape index (κ1) is 15.4. The predicted octanol–water partition coefficient (Wildman–Crippen LogP) is 2.48. The van der Waals surface area contributed by atoms with Crippen LogP contribution in [0.4, 0.5) is 5.69 Å². The first-order chi connectivity index (χ1) is 11.1. The third-order valence-electron chi connectivity index (χ3n) is 3.44. The van der Waals surface area contributed by atoms with Gasteiger partial charge in [0.1, 0.15) is 0 Å². The first-order valence-electron chi connectivity index (χ1n) is 7.43. The van der Waals surface area contributed by atoms with E-state index in [1.807, 2.05) is 42.6 Å². The predicted molar refractivity (Wildman–Crippen MR) is 93.4 cm³/mol. The summed E-state index contributed by atoms with van der Waals surface area (Å²) in [6.45, 7) is 2.56. The van der Waals surface area contributed by atoms with Crippen molar-refractivity contribution >= 4 is 33.8 Å². The number of aromatic nitrogens is 2. The summed E-state index contributed by atoms with van der Waals surface area (Å²) in [5.74, 6) is -0.0272. The minimum Gasteiger partial charge on any atom is -0.399 e. The van der Waals surface area contributed by atoms with Gasteiger partial charge in [-0.1, -0.05) is 6.07 Å². The average Bonchev–Trinajstić information content (AvgIpc) is 2.93. The molecule has 3 N–H and O–H groups in total. The van der Waals surface area contributed by atoms with Crippen molar-refractivity contribution in [3.8, 4) is 0 Å². The Labute approximate surface area is 138 Å². The summed E-state index contributed by atoms with van der Waals surface area (Å²) in [6.07, 6.45) is 1.03. The largest absolute Gasteiger partial charge is 0.399 e. The molecule has 1 amide bonds. The summed E-state index contributed by atoms with van der Waals surface area (Å²) in [5, 5.41) is 6.96. The van der Waals surface area contributed by atoms with Gasteiger partial charge in [0, 0.05) is 35.1 Å². The topological polar surface area (TPSA) is 80.9 Å². The number of carbonyl (C=O) groups is 1. The fraction of sp³-hybridized carbons (Fsp3) is 0.235. The summed E-state index contributed by atoms with van der Waals surface area (Å²) in [6, 6.07) is 9.37. The van der Waals surface area contributed by atoms with Crippen molar-refractivity contribution in [2.45, 2.75) is 19.8 Å². The van der Waals surface area contributed by atoms with Crippen molar-refractivity contribution in [1.29, 1.82) is 0 Å². The number of fused-ring (bicyclic) bond motifs is 1. The number of pyridine rings is 1. The number of carbonyl (C=O) groups excluding carboxylic acids is 1. The van der Waals surface area contributed by atoms with Crippen molar-refractivity contribution in [3.05, 3.63) is 52.1 Å². The number of anilines is 1. The third kappa shape index (κ3) is 4.04. The number of amides is 1. The lowest BCUT2D eigenvalue weighted by molar-refractivity contribution is -0.120. The maximum Gasteiger partial charge on any atom is 0.226 e. The van der Waals surface area contributed by atoms with Crippen LogP contribution >= 0.6 is 11.3 Å². The molecule has 3 rings (SSSR count). The molecule has 6 heteroatoms. The quantitative estimate of drug-likeness (QED) is 0.706. The van der Waals surface area contributed by atoms with Gasteiger partial charge in [-0.05, 0) is 31.2 Å². The van der Waals surface area contributed by atoms with E-state index in [1.54, 1.807) is 11.3 Å². The van der Waals surface area contributed by atoms with Gasteiger partial charge in [0.25, 0.3) is 0 Å². The zero-order valence-electron chi connectivity index (χ0n) is 12.9. The summed E-state index contributed by atoms with van der Waals surface area (Å²) in [4.78, 5) is 20.9. The van der Waals surface area contributed by atoms with Crippen molar-refractivity contribution in [3.63, 3.8) is 0 Å². The number of hydrogen-bond donors (Lipinski definition) is 2. The molecule has 0 saturated carbocycles. The Morgan fingerprint density at radius 3 is 2.91 bits per heavy atom. The van der Waals surface area contributed by atoms with E-state index in [2.05, 4.69) is 15.3 Å². The molecule has 0 spiro atoms. The first-order valence-corrected chi connectivity index (χ1v) is 8.31. The average molecular weight is 326 g/mol. The minimum atomic E-state index is -0.0272. The van der Waals surface area contributed by atoms with Crippen LogP contribution in [0.15, 0.2) is 35.7 Å². The fourth-order valence-corrected chi connectivity index (χ4v) is 3.11. The molecule has 0 unspecified atom stereocenters. The van der Waals surface area contributed by atoms with Crippen LogP contribution in [0.25, 0.3) is 10.9 Å². The number of nitrogens with one attached hydrogen (secondary N) is 1. The molecule has 5 nitrogen and oxygen atoms in total. The van der Waals surface area contributed by atoms with Gasteiger partial charge in [0.05, 0.1) is 22.6 Å². The van der Waals surface area contributed by atoms with Crippen LogP contribution in [0.2, 0.25) is 0 Å². The number of aryl methyl sites for hydroxylation is 1. The Kier molecular flexibility index (Phi) is 4.52. The molecule has 0 bridgehead atoms. The highest BCUT2D eigenvalue weighted by Gasteiger charge is 2.06. The molecule has 0 radical (unpaired) electrons. The highest BCUT2D eigenvalue weighted by molar-refractivity contribution is 7.09. The molecule has 0 aliphatic heterocycles. The number of thiazole rings is 1. The maximum atomic E-state index is 12.0. The lowest BCUT2D eigenvalue weighted by Gasteiger charge is -2.05. The smallest absolute Gasteiger partial charge is 0.226 e. The SMILES string of the molecule is Cc1csc(CCNC(=O)Cc2ccc3cc(N)ccc3n2)n1. The zero-order valence-corrected chi connectivity index (χ0v) is 13.7. The molecule has 0 aliphatic rings. The van der Waals surface area contributed by atoms with Crippen LogP contribution in [0.1, 0.15) is 16.4 Å². The number of hydrogen-bond acceptors (Lipinski definition) is 5. The molecule has 2 aromatic heterocycles. The lowest BCUT2D eigenvalue weighted by atomic mass is 10.1. The maximum absolute atomic E-state index is 12.0. The van der Waals surface area contributed by atoms with E-state index in [1.165, 1.54) is 0 Å². The molecule has 0 atom stereocenters. The van der Waals surface area contributed by atoms with Gasteiger partial charge in [-0.3, -0.25) is 9.78 Å². The van der Waals surface area contributed by atoms with Gasteiger partial charge in [-0.25, -0.2) is 4.98 Å². The standard InChI is InChI=1S/C17H18N4OS/c1-11-10-23-17(20-11)6-7-19-16(22)9-14-4-2-12-8-13(18)3-5-15(12)21-14/h2-5,8,10H,6-7,9,18H2,1H3,(H,19,22). The van der Waals surface area contributed by atoms with Crippen LogP contribution in [0, 0.1) is 6.92 Å². The number of nitrogen functional groups attached to an aromatic ring is 1. The Morgan fingerprint density at radius 2 is 2.13 bits per heavy atom. The van der Waals surface area contributed by atoms with Gasteiger partial charge in [-0.15, -0.1) is 11.3 Å². The van der Waals surface area contributed by atoms with E-state index in [9.17, 15) is 4.79 Å². The molecule has 0 aliphatic carbocycles. The van der Waals surface area contributed by atoms with E-state index < -0.39 is 0 Å². The summed E-state index contributed by atoms with van der Waals surface area (Å²) in [7, 11) is 0. The highest BCUT2D eigenvalue weighted by atomic mass is 32.1. The Hall–Kier alpha value is -2.47. The number of nitrogens with two attached hydrogens (primary N) is 1. The summed E-state index contributed by atoms with van der Waals surface area (Å²) in [5.41, 5.74) is 9.09. The van der Waals surface area contributed by atoms with Crippen molar-refractivity contribution in [2.75, 3.05) is 12.3 Å². The molecule has 0 fully saturated rings. The molecule has 2 heterocycles. The lowest BCUT2D eigenvalue weighted by Crippen LogP contribution is -2.27. The van der Waals surface area contributed by atoms with Gasteiger partial charge in [0.15, 0.2) is 0 Å². The molecule has 0 saturated heterocycles.